The van der Waals surface area contributed by atoms with Crippen LogP contribution in [-0.2, 0) is 9.53 Å². The topological polar surface area (TPSA) is 35.5 Å². The summed E-state index contributed by atoms with van der Waals surface area (Å²) in [6, 6.07) is 3.67. The number of rotatable bonds is 5. The van der Waals surface area contributed by atoms with Gasteiger partial charge in [0.1, 0.15) is 12.4 Å². The number of halogens is 3. The van der Waals surface area contributed by atoms with Gasteiger partial charge in [-0.05, 0) is 56.5 Å². The van der Waals surface area contributed by atoms with Crippen molar-refractivity contribution in [2.24, 2.45) is 0 Å². The summed E-state index contributed by atoms with van der Waals surface area (Å²) in [6.45, 7) is 5.50. The summed E-state index contributed by atoms with van der Waals surface area (Å²) in [6.07, 6.45) is 0. The van der Waals surface area contributed by atoms with E-state index in [-0.39, 0.29) is 13.2 Å². The van der Waals surface area contributed by atoms with Crippen LogP contribution in [0.15, 0.2) is 37.7 Å². The number of hydrogen-bond donors (Lipinski definition) is 0. The second-order valence-electron chi connectivity index (χ2n) is 3.61. The van der Waals surface area contributed by atoms with Crippen molar-refractivity contribution in [3.8, 4) is 5.75 Å². The zero-order chi connectivity index (χ0) is 13.7. The van der Waals surface area contributed by atoms with Crippen LogP contribution in [0.4, 0.5) is 0 Å². The maximum atomic E-state index is 11.4. The van der Waals surface area contributed by atoms with Crippen molar-refractivity contribution in [3.05, 3.63) is 37.7 Å². The van der Waals surface area contributed by atoms with E-state index in [0.717, 1.165) is 19.0 Å². The van der Waals surface area contributed by atoms with Crippen LogP contribution in [0.2, 0.25) is 0 Å². The van der Waals surface area contributed by atoms with E-state index in [9.17, 15) is 4.79 Å². The predicted octanol–water partition coefficient (Wildman–Crippen LogP) is 4.47. The predicted molar refractivity (Wildman–Crippen MR) is 80.8 cm³/mol. The molecular weight excluding hydrogens is 432 g/mol. The molecule has 0 saturated heterocycles. The molecule has 0 spiro atoms. The number of hydrogen-bond acceptors (Lipinski definition) is 3. The monoisotopic (exact) mass is 440 g/mol. The SMILES string of the molecule is C=C(C)COC(=O)COc1c(Br)cc(Br)cc1Br. The van der Waals surface area contributed by atoms with Crippen LogP contribution in [0.25, 0.3) is 0 Å². The van der Waals surface area contributed by atoms with Gasteiger partial charge in [0.25, 0.3) is 0 Å². The summed E-state index contributed by atoms with van der Waals surface area (Å²) >= 11 is 10.1. The quantitative estimate of drug-likeness (QED) is 0.498. The number of benzene rings is 1. The molecule has 0 saturated carbocycles. The maximum Gasteiger partial charge on any atom is 0.344 e. The zero-order valence-corrected chi connectivity index (χ0v) is 14.4. The lowest BCUT2D eigenvalue weighted by atomic mass is 10.3. The first kappa shape index (κ1) is 15.7. The molecule has 0 aromatic heterocycles. The fourth-order valence-corrected chi connectivity index (χ4v) is 3.53. The number of carbonyl (C=O) groups is 1. The van der Waals surface area contributed by atoms with Crippen LogP contribution >= 0.6 is 47.8 Å². The highest BCUT2D eigenvalue weighted by molar-refractivity contribution is 9.11. The number of carbonyl (C=O) groups excluding carboxylic acids is 1. The average molecular weight is 443 g/mol. The van der Waals surface area contributed by atoms with E-state index in [1.165, 1.54) is 0 Å². The Morgan fingerprint density at radius 1 is 1.22 bits per heavy atom. The molecule has 3 nitrogen and oxygen atoms in total. The van der Waals surface area contributed by atoms with Gasteiger partial charge in [0.05, 0.1) is 8.95 Å². The molecule has 0 aliphatic carbocycles. The molecule has 18 heavy (non-hydrogen) atoms. The lowest BCUT2D eigenvalue weighted by molar-refractivity contribution is -0.145. The number of esters is 1. The normalized spacial score (nSPS) is 10.0. The largest absolute Gasteiger partial charge is 0.480 e. The molecule has 0 aliphatic rings. The highest BCUT2D eigenvalue weighted by Crippen LogP contribution is 2.36. The lowest BCUT2D eigenvalue weighted by Crippen LogP contribution is -2.16. The molecule has 1 rings (SSSR count). The molecule has 0 atom stereocenters. The van der Waals surface area contributed by atoms with E-state index in [1.54, 1.807) is 6.92 Å². The van der Waals surface area contributed by atoms with E-state index >= 15 is 0 Å². The molecular formula is C12H11Br3O3. The summed E-state index contributed by atoms with van der Waals surface area (Å²) < 4.78 is 12.7. The fraction of sp³-hybridized carbons (Fsp3) is 0.250. The second-order valence-corrected chi connectivity index (χ2v) is 6.23. The minimum Gasteiger partial charge on any atom is -0.480 e. The van der Waals surface area contributed by atoms with Crippen LogP contribution < -0.4 is 4.74 Å². The van der Waals surface area contributed by atoms with E-state index in [0.29, 0.717) is 5.75 Å². The zero-order valence-electron chi connectivity index (χ0n) is 9.63. The molecule has 1 aromatic rings. The summed E-state index contributed by atoms with van der Waals surface area (Å²) in [5.74, 6) is 0.130. The summed E-state index contributed by atoms with van der Waals surface area (Å²) in [5.41, 5.74) is 0.786. The smallest absolute Gasteiger partial charge is 0.344 e. The molecule has 0 N–H and O–H groups in total. The van der Waals surface area contributed by atoms with Gasteiger partial charge in [-0.1, -0.05) is 22.5 Å². The van der Waals surface area contributed by atoms with Gasteiger partial charge in [0.2, 0.25) is 0 Å². The standard InChI is InChI=1S/C12H11Br3O3/c1-7(2)5-17-11(16)6-18-12-9(14)3-8(13)4-10(12)15/h3-4H,1,5-6H2,2H3. The first-order valence-corrected chi connectivity index (χ1v) is 7.35. The Bertz CT molecular complexity index is 449. The van der Waals surface area contributed by atoms with Crippen LogP contribution in [0, 0.1) is 0 Å². The Hall–Kier alpha value is -0.330. The van der Waals surface area contributed by atoms with Gasteiger partial charge in [0, 0.05) is 4.47 Å². The van der Waals surface area contributed by atoms with Crippen molar-refractivity contribution in [1.29, 1.82) is 0 Å². The molecule has 0 heterocycles. The van der Waals surface area contributed by atoms with Crippen molar-refractivity contribution in [3.63, 3.8) is 0 Å². The third-order valence-electron chi connectivity index (χ3n) is 1.78. The summed E-state index contributed by atoms with van der Waals surface area (Å²) in [5, 5.41) is 0. The molecule has 0 aliphatic heterocycles. The minimum atomic E-state index is -0.431. The first-order valence-electron chi connectivity index (χ1n) is 4.97. The van der Waals surface area contributed by atoms with E-state index in [2.05, 4.69) is 54.4 Å². The molecule has 0 unspecified atom stereocenters. The fourth-order valence-electron chi connectivity index (χ4n) is 1.04. The van der Waals surface area contributed by atoms with Crippen molar-refractivity contribution in [2.45, 2.75) is 6.92 Å². The Morgan fingerprint density at radius 2 is 1.78 bits per heavy atom. The molecule has 0 radical (unpaired) electrons. The van der Waals surface area contributed by atoms with E-state index < -0.39 is 5.97 Å². The highest BCUT2D eigenvalue weighted by atomic mass is 79.9. The Labute approximate surface area is 131 Å². The van der Waals surface area contributed by atoms with Gasteiger partial charge in [-0.25, -0.2) is 4.79 Å². The highest BCUT2D eigenvalue weighted by Gasteiger charge is 2.11. The minimum absolute atomic E-state index is 0.147. The molecule has 98 valence electrons. The van der Waals surface area contributed by atoms with E-state index in [4.69, 9.17) is 9.47 Å². The van der Waals surface area contributed by atoms with Gasteiger partial charge in [-0.2, -0.15) is 0 Å². The second kappa shape index (κ2) is 7.31. The van der Waals surface area contributed by atoms with Crippen LogP contribution in [0.3, 0.4) is 0 Å². The maximum absolute atomic E-state index is 11.4. The van der Waals surface area contributed by atoms with Crippen LogP contribution in [0.5, 0.6) is 5.75 Å². The van der Waals surface area contributed by atoms with E-state index in [1.807, 2.05) is 12.1 Å². The molecule has 1 aromatic carbocycles. The summed E-state index contributed by atoms with van der Waals surface area (Å²) in [4.78, 5) is 11.4. The van der Waals surface area contributed by atoms with Crippen molar-refractivity contribution < 1.29 is 14.3 Å². The lowest BCUT2D eigenvalue weighted by Gasteiger charge is -2.10. The Kier molecular flexibility index (Phi) is 6.38. The van der Waals surface area contributed by atoms with Crippen molar-refractivity contribution >= 4 is 53.8 Å². The molecule has 0 amide bonds. The van der Waals surface area contributed by atoms with Crippen molar-refractivity contribution in [2.75, 3.05) is 13.2 Å². The van der Waals surface area contributed by atoms with Crippen LogP contribution in [-0.4, -0.2) is 19.2 Å². The third-order valence-corrected chi connectivity index (χ3v) is 3.41. The Balaban J connectivity index is 2.58. The van der Waals surface area contributed by atoms with Gasteiger partial charge in [-0.3, -0.25) is 0 Å². The van der Waals surface area contributed by atoms with Gasteiger partial charge < -0.3 is 9.47 Å². The van der Waals surface area contributed by atoms with Gasteiger partial charge in [-0.15, -0.1) is 0 Å². The Morgan fingerprint density at radius 3 is 2.28 bits per heavy atom. The summed E-state index contributed by atoms with van der Waals surface area (Å²) in [7, 11) is 0. The average Bonchev–Trinajstić information content (AvgIpc) is 2.24. The van der Waals surface area contributed by atoms with Crippen molar-refractivity contribution in [1.82, 2.24) is 0 Å². The first-order chi connectivity index (χ1) is 8.40. The number of ether oxygens (including phenoxy) is 2. The van der Waals surface area contributed by atoms with Crippen LogP contribution in [0.1, 0.15) is 6.92 Å². The molecule has 6 heteroatoms. The third kappa shape index (κ3) is 5.12. The van der Waals surface area contributed by atoms with Gasteiger partial charge >= 0.3 is 5.97 Å². The van der Waals surface area contributed by atoms with Gasteiger partial charge in [0.15, 0.2) is 6.61 Å². The molecule has 0 bridgehead atoms. The molecule has 0 fully saturated rings.